The maximum Gasteiger partial charge on any atom is 0.251 e. The van der Waals surface area contributed by atoms with Gasteiger partial charge in [0.05, 0.1) is 6.61 Å². The van der Waals surface area contributed by atoms with Crippen LogP contribution in [0.15, 0.2) is 24.3 Å². The first-order valence-corrected chi connectivity index (χ1v) is 6.84. The molecule has 1 atom stereocenters. The molecule has 4 nitrogen and oxygen atoms in total. The Balaban J connectivity index is 2.63. The number of aliphatic hydroxyl groups is 1. The number of benzene rings is 1. The highest BCUT2D eigenvalue weighted by Gasteiger charge is 2.11. The van der Waals surface area contributed by atoms with Crippen molar-refractivity contribution in [1.82, 2.24) is 5.32 Å². The summed E-state index contributed by atoms with van der Waals surface area (Å²) in [4.78, 5) is 11.7. The van der Waals surface area contributed by atoms with E-state index >= 15 is 0 Å². The maximum absolute atomic E-state index is 11.7. The van der Waals surface area contributed by atoms with Crippen molar-refractivity contribution >= 4 is 11.6 Å². The monoisotopic (exact) mass is 264 g/mol. The van der Waals surface area contributed by atoms with E-state index in [1.54, 1.807) is 12.1 Å². The summed E-state index contributed by atoms with van der Waals surface area (Å²) in [6, 6.07) is 7.86. The fourth-order valence-corrected chi connectivity index (χ4v) is 1.94. The Labute approximate surface area is 115 Å². The van der Waals surface area contributed by atoms with Crippen LogP contribution in [-0.2, 0) is 0 Å². The second-order valence-electron chi connectivity index (χ2n) is 4.96. The Hall–Kier alpha value is -1.55. The first kappa shape index (κ1) is 15.5. The number of carbonyl (C=O) groups is 1. The lowest BCUT2D eigenvalue weighted by Crippen LogP contribution is -2.26. The van der Waals surface area contributed by atoms with Gasteiger partial charge in [0, 0.05) is 23.8 Å². The summed E-state index contributed by atoms with van der Waals surface area (Å²) in [5.74, 6) is 0.411. The Kier molecular flexibility index (Phi) is 6.36. The minimum atomic E-state index is -0.156. The summed E-state index contributed by atoms with van der Waals surface area (Å²) in [6.45, 7) is 6.78. The number of hydrogen-bond donors (Lipinski definition) is 3. The van der Waals surface area contributed by atoms with E-state index in [2.05, 4.69) is 31.4 Å². The molecule has 0 bridgehead atoms. The van der Waals surface area contributed by atoms with Gasteiger partial charge in [0.2, 0.25) is 0 Å². The summed E-state index contributed by atoms with van der Waals surface area (Å²) >= 11 is 0. The van der Waals surface area contributed by atoms with Crippen LogP contribution in [0, 0.1) is 5.92 Å². The Morgan fingerprint density at radius 2 is 1.89 bits per heavy atom. The lowest BCUT2D eigenvalue weighted by atomic mass is 10.0. The lowest BCUT2D eigenvalue weighted by molar-refractivity contribution is 0.0945. The van der Waals surface area contributed by atoms with Crippen LogP contribution in [-0.4, -0.2) is 30.2 Å². The zero-order chi connectivity index (χ0) is 14.3. The van der Waals surface area contributed by atoms with Gasteiger partial charge in [-0.15, -0.1) is 0 Å². The largest absolute Gasteiger partial charge is 0.395 e. The number of amides is 1. The van der Waals surface area contributed by atoms with Crippen molar-refractivity contribution in [2.24, 2.45) is 5.92 Å². The molecule has 1 amide bonds. The van der Waals surface area contributed by atoms with Gasteiger partial charge in [-0.25, -0.2) is 0 Å². The van der Waals surface area contributed by atoms with Crippen molar-refractivity contribution in [1.29, 1.82) is 0 Å². The molecule has 1 rings (SSSR count). The quantitative estimate of drug-likeness (QED) is 0.708. The van der Waals surface area contributed by atoms with E-state index in [1.165, 1.54) is 0 Å². The normalized spacial score (nSPS) is 12.3. The molecule has 19 heavy (non-hydrogen) atoms. The van der Waals surface area contributed by atoms with Crippen molar-refractivity contribution < 1.29 is 9.90 Å². The zero-order valence-electron chi connectivity index (χ0n) is 11.9. The molecule has 0 saturated carbocycles. The number of anilines is 1. The Bertz CT molecular complexity index is 388. The first-order chi connectivity index (χ1) is 9.08. The minimum Gasteiger partial charge on any atom is -0.395 e. The fraction of sp³-hybridized carbons (Fsp3) is 0.533. The average Bonchev–Trinajstić information content (AvgIpc) is 2.42. The van der Waals surface area contributed by atoms with Crippen molar-refractivity contribution in [2.75, 3.05) is 18.5 Å². The van der Waals surface area contributed by atoms with Crippen LogP contribution in [0.4, 0.5) is 5.69 Å². The Morgan fingerprint density at radius 3 is 2.37 bits per heavy atom. The van der Waals surface area contributed by atoms with Gasteiger partial charge in [-0.1, -0.05) is 20.8 Å². The maximum atomic E-state index is 11.7. The number of aliphatic hydroxyl groups excluding tert-OH is 1. The summed E-state index contributed by atoms with van der Waals surface area (Å²) in [7, 11) is 0. The zero-order valence-corrected chi connectivity index (χ0v) is 11.9. The molecule has 0 fully saturated rings. The number of rotatable bonds is 7. The van der Waals surface area contributed by atoms with E-state index in [0.29, 0.717) is 17.5 Å². The van der Waals surface area contributed by atoms with Crippen LogP contribution in [0.1, 0.15) is 37.6 Å². The molecule has 106 valence electrons. The number of hydrogen-bond acceptors (Lipinski definition) is 3. The SMILES string of the molecule is CCC(Nc1ccc(C(=O)NCCO)cc1)C(C)C. The molecule has 0 aliphatic heterocycles. The summed E-state index contributed by atoms with van der Waals surface area (Å²) < 4.78 is 0. The predicted molar refractivity (Wildman–Crippen MR) is 78.4 cm³/mol. The van der Waals surface area contributed by atoms with Gasteiger partial charge in [-0.3, -0.25) is 4.79 Å². The van der Waals surface area contributed by atoms with Gasteiger partial charge in [0.1, 0.15) is 0 Å². The van der Waals surface area contributed by atoms with Crippen LogP contribution < -0.4 is 10.6 Å². The minimum absolute atomic E-state index is 0.0437. The van der Waals surface area contributed by atoms with Crippen molar-refractivity contribution in [2.45, 2.75) is 33.2 Å². The molecule has 3 N–H and O–H groups in total. The Morgan fingerprint density at radius 1 is 1.26 bits per heavy atom. The molecular weight excluding hydrogens is 240 g/mol. The molecule has 0 aliphatic rings. The van der Waals surface area contributed by atoms with Crippen LogP contribution in [0.3, 0.4) is 0 Å². The molecule has 0 heterocycles. The van der Waals surface area contributed by atoms with Crippen molar-refractivity contribution in [3.05, 3.63) is 29.8 Å². The standard InChI is InChI=1S/C15H24N2O2/c1-4-14(11(2)3)17-13-7-5-12(6-8-13)15(19)16-9-10-18/h5-8,11,14,17-18H,4,9-10H2,1-3H3,(H,16,19). The second kappa shape index (κ2) is 7.79. The molecule has 0 aliphatic carbocycles. The summed E-state index contributed by atoms with van der Waals surface area (Å²) in [5.41, 5.74) is 1.64. The van der Waals surface area contributed by atoms with E-state index < -0.39 is 0 Å². The molecule has 0 radical (unpaired) electrons. The molecule has 0 saturated heterocycles. The second-order valence-corrected chi connectivity index (χ2v) is 4.96. The topological polar surface area (TPSA) is 61.4 Å². The number of carbonyl (C=O) groups excluding carboxylic acids is 1. The van der Waals surface area contributed by atoms with Crippen molar-refractivity contribution in [3.8, 4) is 0 Å². The van der Waals surface area contributed by atoms with E-state index in [1.807, 2.05) is 12.1 Å². The molecule has 0 aromatic heterocycles. The molecule has 1 aromatic carbocycles. The van der Waals surface area contributed by atoms with Gasteiger partial charge in [-0.05, 0) is 36.6 Å². The highest BCUT2D eigenvalue weighted by atomic mass is 16.3. The van der Waals surface area contributed by atoms with E-state index in [-0.39, 0.29) is 19.1 Å². The molecule has 0 spiro atoms. The van der Waals surface area contributed by atoms with E-state index in [4.69, 9.17) is 5.11 Å². The smallest absolute Gasteiger partial charge is 0.251 e. The third-order valence-electron chi connectivity index (χ3n) is 3.14. The highest BCUT2D eigenvalue weighted by molar-refractivity contribution is 5.94. The molecule has 1 unspecified atom stereocenters. The van der Waals surface area contributed by atoms with Gasteiger partial charge in [0.15, 0.2) is 0 Å². The lowest BCUT2D eigenvalue weighted by Gasteiger charge is -2.22. The van der Waals surface area contributed by atoms with E-state index in [9.17, 15) is 4.79 Å². The third kappa shape index (κ3) is 4.91. The van der Waals surface area contributed by atoms with Crippen LogP contribution >= 0.6 is 0 Å². The van der Waals surface area contributed by atoms with Crippen LogP contribution in [0.2, 0.25) is 0 Å². The molecule has 1 aromatic rings. The molecular formula is C15H24N2O2. The average molecular weight is 264 g/mol. The van der Waals surface area contributed by atoms with Gasteiger partial charge in [-0.2, -0.15) is 0 Å². The van der Waals surface area contributed by atoms with Crippen molar-refractivity contribution in [3.63, 3.8) is 0 Å². The van der Waals surface area contributed by atoms with Crippen LogP contribution in [0.25, 0.3) is 0 Å². The highest BCUT2D eigenvalue weighted by Crippen LogP contribution is 2.16. The predicted octanol–water partition coefficient (Wildman–Crippen LogP) is 2.26. The fourth-order valence-electron chi connectivity index (χ4n) is 1.94. The van der Waals surface area contributed by atoms with Gasteiger partial charge < -0.3 is 15.7 Å². The van der Waals surface area contributed by atoms with Gasteiger partial charge >= 0.3 is 0 Å². The third-order valence-corrected chi connectivity index (χ3v) is 3.14. The number of nitrogens with one attached hydrogen (secondary N) is 2. The van der Waals surface area contributed by atoms with E-state index in [0.717, 1.165) is 12.1 Å². The summed E-state index contributed by atoms with van der Waals surface area (Å²) in [6.07, 6.45) is 1.07. The van der Waals surface area contributed by atoms with Gasteiger partial charge in [0.25, 0.3) is 5.91 Å². The summed E-state index contributed by atoms with van der Waals surface area (Å²) in [5, 5.41) is 14.8. The molecule has 4 heteroatoms. The van der Waals surface area contributed by atoms with Crippen LogP contribution in [0.5, 0.6) is 0 Å². The first-order valence-electron chi connectivity index (χ1n) is 6.84.